The van der Waals surface area contributed by atoms with E-state index in [1.165, 1.54) is 4.88 Å². The number of rotatable bonds is 6. The molecule has 2 aliphatic rings. The van der Waals surface area contributed by atoms with Gasteiger partial charge in [0.25, 0.3) is 0 Å². The summed E-state index contributed by atoms with van der Waals surface area (Å²) in [5.74, 6) is 1.78. The van der Waals surface area contributed by atoms with Crippen LogP contribution in [-0.4, -0.2) is 48.6 Å². The Bertz CT molecular complexity index is 856. The highest BCUT2D eigenvalue weighted by Crippen LogP contribution is 2.38. The Hall–Kier alpha value is -1.76. The molecule has 0 aliphatic carbocycles. The van der Waals surface area contributed by atoms with Crippen LogP contribution in [0.15, 0.2) is 30.3 Å². The summed E-state index contributed by atoms with van der Waals surface area (Å²) in [6.07, 6.45) is 2.90. The number of ether oxygens (including phenoxy) is 2. The lowest BCUT2D eigenvalue weighted by atomic mass is 10.0. The predicted octanol–water partition coefficient (Wildman–Crippen LogP) is 4.75. The average Bonchev–Trinajstić information content (AvgIpc) is 3.30. The fourth-order valence-corrected chi connectivity index (χ4v) is 5.15. The van der Waals surface area contributed by atoms with Crippen LogP contribution in [-0.2, 0) is 11.3 Å². The van der Waals surface area contributed by atoms with Gasteiger partial charge in [-0.15, -0.1) is 11.3 Å². The van der Waals surface area contributed by atoms with E-state index in [0.29, 0.717) is 19.8 Å². The minimum atomic E-state index is 0.106. The maximum absolute atomic E-state index is 13.1. The Morgan fingerprint density at radius 2 is 2.03 bits per heavy atom. The molecule has 0 saturated carbocycles. The second-order valence-electron chi connectivity index (χ2n) is 7.51. The predicted molar refractivity (Wildman–Crippen MR) is 116 cm³/mol. The van der Waals surface area contributed by atoms with Crippen molar-refractivity contribution in [1.29, 1.82) is 0 Å². The molecule has 29 heavy (non-hydrogen) atoms. The number of carbonyl (C=O) groups excluding carboxylic acids is 1. The molecule has 0 unspecified atom stereocenters. The Labute approximate surface area is 181 Å². The van der Waals surface area contributed by atoms with Crippen molar-refractivity contribution in [2.75, 3.05) is 32.8 Å². The minimum absolute atomic E-state index is 0.106. The van der Waals surface area contributed by atoms with Gasteiger partial charge in [0.15, 0.2) is 11.5 Å². The molecule has 0 radical (unpaired) electrons. The SMILES string of the molecule is CCN(CC(=O)N1CCC[C@H]1c1ccc2c(c1)OCCCO2)Cc1ccc(Cl)s1. The maximum atomic E-state index is 13.1. The smallest absolute Gasteiger partial charge is 0.237 e. The maximum Gasteiger partial charge on any atom is 0.237 e. The molecule has 2 aliphatic heterocycles. The fraction of sp³-hybridized carbons (Fsp3) is 0.500. The van der Waals surface area contributed by atoms with Crippen molar-refractivity contribution < 1.29 is 14.3 Å². The summed E-state index contributed by atoms with van der Waals surface area (Å²) in [5, 5.41) is 0. The van der Waals surface area contributed by atoms with E-state index in [9.17, 15) is 4.79 Å². The van der Waals surface area contributed by atoms with Crippen molar-refractivity contribution in [3.63, 3.8) is 0 Å². The third-order valence-corrected chi connectivity index (χ3v) is 6.76. The van der Waals surface area contributed by atoms with Crippen LogP contribution in [0.1, 0.15) is 42.7 Å². The van der Waals surface area contributed by atoms with Gasteiger partial charge in [-0.3, -0.25) is 9.69 Å². The molecule has 1 aromatic heterocycles. The molecule has 0 N–H and O–H groups in total. The molecule has 1 atom stereocenters. The monoisotopic (exact) mass is 434 g/mol. The van der Waals surface area contributed by atoms with Crippen molar-refractivity contribution in [2.45, 2.75) is 38.8 Å². The fourth-order valence-electron chi connectivity index (χ4n) is 4.02. The molecule has 3 heterocycles. The standard InChI is InChI=1S/C22H27ClN2O3S/c1-2-24(14-17-7-9-21(23)29-17)15-22(26)25-10-3-5-18(25)16-6-8-19-20(13-16)28-12-4-11-27-19/h6-9,13,18H,2-5,10-12,14-15H2,1H3/t18-/m0/s1. The highest BCUT2D eigenvalue weighted by Gasteiger charge is 2.31. The quantitative estimate of drug-likeness (QED) is 0.658. The zero-order valence-corrected chi connectivity index (χ0v) is 18.3. The van der Waals surface area contributed by atoms with Crippen LogP contribution >= 0.6 is 22.9 Å². The van der Waals surface area contributed by atoms with Gasteiger partial charge in [-0.2, -0.15) is 0 Å². The van der Waals surface area contributed by atoms with Crippen molar-refractivity contribution in [3.05, 3.63) is 45.1 Å². The van der Waals surface area contributed by atoms with Gasteiger partial charge >= 0.3 is 0 Å². The van der Waals surface area contributed by atoms with Gasteiger partial charge in [-0.25, -0.2) is 0 Å². The molecule has 1 amide bonds. The van der Waals surface area contributed by atoms with E-state index < -0.39 is 0 Å². The van der Waals surface area contributed by atoms with Gasteiger partial charge in [-0.05, 0) is 49.2 Å². The third kappa shape index (κ3) is 4.87. The van der Waals surface area contributed by atoms with E-state index >= 15 is 0 Å². The van der Waals surface area contributed by atoms with Gasteiger partial charge in [0.1, 0.15) is 0 Å². The minimum Gasteiger partial charge on any atom is -0.490 e. The number of nitrogens with zero attached hydrogens (tertiary/aromatic N) is 2. The van der Waals surface area contributed by atoms with Crippen LogP contribution < -0.4 is 9.47 Å². The molecule has 1 aromatic carbocycles. The molecule has 2 aromatic rings. The van der Waals surface area contributed by atoms with E-state index in [1.807, 2.05) is 23.1 Å². The van der Waals surface area contributed by atoms with E-state index in [2.05, 4.69) is 24.0 Å². The van der Waals surface area contributed by atoms with Crippen LogP contribution in [0.3, 0.4) is 0 Å². The number of halogens is 1. The lowest BCUT2D eigenvalue weighted by Gasteiger charge is -2.28. The number of carbonyl (C=O) groups is 1. The van der Waals surface area contributed by atoms with Crippen molar-refractivity contribution in [1.82, 2.24) is 9.80 Å². The van der Waals surface area contributed by atoms with Gasteiger partial charge in [0.05, 0.1) is 30.1 Å². The van der Waals surface area contributed by atoms with Crippen LogP contribution in [0.5, 0.6) is 11.5 Å². The lowest BCUT2D eigenvalue weighted by Crippen LogP contribution is -2.39. The zero-order chi connectivity index (χ0) is 20.2. The number of likely N-dealkylation sites (N-methyl/N-ethyl adjacent to an activating group) is 1. The summed E-state index contributed by atoms with van der Waals surface area (Å²) in [7, 11) is 0. The molecule has 5 nitrogen and oxygen atoms in total. The van der Waals surface area contributed by atoms with Crippen LogP contribution in [0.25, 0.3) is 0 Å². The first-order valence-corrected chi connectivity index (χ1v) is 11.5. The molecule has 1 fully saturated rings. The number of hydrogen-bond acceptors (Lipinski definition) is 5. The van der Waals surface area contributed by atoms with Crippen LogP contribution in [0, 0.1) is 0 Å². The number of thiophene rings is 1. The highest BCUT2D eigenvalue weighted by molar-refractivity contribution is 7.16. The molecule has 156 valence electrons. The number of amides is 1. The van der Waals surface area contributed by atoms with Gasteiger partial charge in [-0.1, -0.05) is 24.6 Å². The third-order valence-electron chi connectivity index (χ3n) is 5.54. The summed E-state index contributed by atoms with van der Waals surface area (Å²) >= 11 is 7.63. The summed E-state index contributed by atoms with van der Waals surface area (Å²) < 4.78 is 12.4. The van der Waals surface area contributed by atoms with E-state index in [4.69, 9.17) is 21.1 Å². The average molecular weight is 435 g/mol. The first-order chi connectivity index (χ1) is 14.1. The summed E-state index contributed by atoms with van der Waals surface area (Å²) in [6.45, 7) is 6.25. The number of fused-ring (bicyclic) bond motifs is 1. The van der Waals surface area contributed by atoms with Crippen LogP contribution in [0.4, 0.5) is 0 Å². The number of hydrogen-bond donors (Lipinski definition) is 0. The Morgan fingerprint density at radius 3 is 2.79 bits per heavy atom. The molecule has 0 spiro atoms. The Kier molecular flexibility index (Phi) is 6.63. The Morgan fingerprint density at radius 1 is 1.21 bits per heavy atom. The van der Waals surface area contributed by atoms with E-state index in [1.54, 1.807) is 11.3 Å². The number of likely N-dealkylation sites (tertiary alicyclic amines) is 1. The zero-order valence-electron chi connectivity index (χ0n) is 16.7. The first-order valence-electron chi connectivity index (χ1n) is 10.3. The van der Waals surface area contributed by atoms with Crippen molar-refractivity contribution in [2.24, 2.45) is 0 Å². The van der Waals surface area contributed by atoms with Gasteiger partial charge in [0.2, 0.25) is 5.91 Å². The summed E-state index contributed by atoms with van der Waals surface area (Å²) in [4.78, 5) is 18.5. The lowest BCUT2D eigenvalue weighted by molar-refractivity contribution is -0.133. The van der Waals surface area contributed by atoms with Crippen molar-refractivity contribution >= 4 is 28.8 Å². The topological polar surface area (TPSA) is 42.0 Å². The van der Waals surface area contributed by atoms with E-state index in [-0.39, 0.29) is 11.9 Å². The largest absolute Gasteiger partial charge is 0.490 e. The van der Waals surface area contributed by atoms with Gasteiger partial charge < -0.3 is 14.4 Å². The molecular weight excluding hydrogens is 408 g/mol. The number of benzene rings is 1. The van der Waals surface area contributed by atoms with Crippen LogP contribution in [0.2, 0.25) is 4.34 Å². The molecule has 0 bridgehead atoms. The Balaban J connectivity index is 1.44. The summed E-state index contributed by atoms with van der Waals surface area (Å²) in [6, 6.07) is 10.2. The summed E-state index contributed by atoms with van der Waals surface area (Å²) in [5.41, 5.74) is 1.13. The molecule has 4 rings (SSSR count). The normalized spacial score (nSPS) is 18.9. The molecule has 1 saturated heterocycles. The second-order valence-corrected chi connectivity index (χ2v) is 9.31. The second kappa shape index (κ2) is 9.37. The van der Waals surface area contributed by atoms with Gasteiger partial charge in [0, 0.05) is 24.4 Å². The van der Waals surface area contributed by atoms with Crippen molar-refractivity contribution in [3.8, 4) is 11.5 Å². The molecular formula is C22H27ClN2O3S. The molecule has 7 heteroatoms. The van der Waals surface area contributed by atoms with E-state index in [0.717, 1.165) is 60.3 Å². The highest BCUT2D eigenvalue weighted by atomic mass is 35.5. The first kappa shape index (κ1) is 20.5.